The lowest BCUT2D eigenvalue weighted by Gasteiger charge is -2.21. The number of carbonyl (C=O) groups excluding carboxylic acids is 2. The van der Waals surface area contributed by atoms with E-state index in [1.807, 2.05) is 0 Å². The average molecular weight is 372 g/mol. The molecular weight excluding hydrogens is 348 g/mol. The molecule has 2 aliphatic carbocycles. The largest absolute Gasteiger partial charge is 0.493 e. The summed E-state index contributed by atoms with van der Waals surface area (Å²) in [5.74, 6) is 1.25. The lowest BCUT2D eigenvalue weighted by Crippen LogP contribution is -2.28. The fourth-order valence-corrected chi connectivity index (χ4v) is 4.24. The molecule has 0 radical (unpaired) electrons. The Kier molecular flexibility index (Phi) is 4.78. The number of nitrogens with zero attached hydrogens (tertiary/aromatic N) is 1. The lowest BCUT2D eigenvalue weighted by atomic mass is 9.92. The highest BCUT2D eigenvalue weighted by Crippen LogP contribution is 2.44. The van der Waals surface area contributed by atoms with E-state index in [4.69, 9.17) is 14.3 Å². The number of amides is 2. The molecule has 3 atom stereocenters. The second-order valence-electron chi connectivity index (χ2n) is 7.23. The van der Waals surface area contributed by atoms with Gasteiger partial charge in [-0.3, -0.25) is 14.4 Å². The number of hydroxylamine groups is 2. The number of carbonyl (C=O) groups is 2. The van der Waals surface area contributed by atoms with Gasteiger partial charge in [0.15, 0.2) is 11.5 Å². The van der Waals surface area contributed by atoms with Gasteiger partial charge in [-0.2, -0.15) is 0 Å². The standard InChI is InChI=1S/C20H24N2O5/c1-25-17-11-14(20(24)22-6-3-7-27-22)10-16(18(17)26-2)21-19(23)15-9-12-4-5-13(15)8-12/h4-5,10-13,15H,3,6-9H2,1-2H3,(H,21,23)/t12-,13+,15+/m1/s1. The fraction of sp³-hybridized carbons (Fsp3) is 0.500. The minimum Gasteiger partial charge on any atom is -0.493 e. The SMILES string of the molecule is COc1cc(C(=O)N2CCCO2)cc(NC(=O)[C@H]2C[C@@H]3C=C[C@H]2C3)c1OC. The Labute approximate surface area is 158 Å². The van der Waals surface area contributed by atoms with Gasteiger partial charge >= 0.3 is 0 Å². The first kappa shape index (κ1) is 17.9. The summed E-state index contributed by atoms with van der Waals surface area (Å²) in [7, 11) is 3.02. The predicted molar refractivity (Wildman–Crippen MR) is 98.6 cm³/mol. The van der Waals surface area contributed by atoms with Gasteiger partial charge in [0, 0.05) is 11.5 Å². The van der Waals surface area contributed by atoms with Crippen molar-refractivity contribution in [1.29, 1.82) is 0 Å². The van der Waals surface area contributed by atoms with Gasteiger partial charge in [0.1, 0.15) is 0 Å². The zero-order chi connectivity index (χ0) is 19.0. The molecule has 0 aromatic heterocycles. The summed E-state index contributed by atoms with van der Waals surface area (Å²) in [6.45, 7) is 1.08. The van der Waals surface area contributed by atoms with E-state index >= 15 is 0 Å². The molecule has 1 saturated heterocycles. The van der Waals surface area contributed by atoms with E-state index in [0.29, 0.717) is 47.7 Å². The van der Waals surface area contributed by atoms with Crippen LogP contribution in [0.2, 0.25) is 0 Å². The second-order valence-corrected chi connectivity index (χ2v) is 7.23. The van der Waals surface area contributed by atoms with Crippen molar-refractivity contribution in [3.05, 3.63) is 29.8 Å². The van der Waals surface area contributed by atoms with Crippen molar-refractivity contribution in [2.45, 2.75) is 19.3 Å². The Morgan fingerprint density at radius 2 is 2.04 bits per heavy atom. The van der Waals surface area contributed by atoms with E-state index in [1.54, 1.807) is 12.1 Å². The van der Waals surface area contributed by atoms with Gasteiger partial charge in [-0.05, 0) is 43.2 Å². The number of methoxy groups -OCH3 is 2. The third-order valence-corrected chi connectivity index (χ3v) is 5.58. The van der Waals surface area contributed by atoms with E-state index < -0.39 is 0 Å². The first-order valence-electron chi connectivity index (χ1n) is 9.30. The Morgan fingerprint density at radius 1 is 1.19 bits per heavy atom. The molecule has 2 amide bonds. The normalized spacial score (nSPS) is 25.7. The number of rotatable bonds is 5. The van der Waals surface area contributed by atoms with Crippen LogP contribution in [0.1, 0.15) is 29.6 Å². The Bertz CT molecular complexity index is 785. The van der Waals surface area contributed by atoms with Crippen LogP contribution in [0.25, 0.3) is 0 Å². The van der Waals surface area contributed by atoms with E-state index in [1.165, 1.54) is 19.3 Å². The smallest absolute Gasteiger partial charge is 0.277 e. The van der Waals surface area contributed by atoms with Gasteiger partial charge in [0.05, 0.1) is 33.1 Å². The zero-order valence-corrected chi connectivity index (χ0v) is 15.6. The highest BCUT2D eigenvalue weighted by molar-refractivity contribution is 6.00. The highest BCUT2D eigenvalue weighted by Gasteiger charge is 2.40. The molecule has 1 saturated carbocycles. The maximum atomic E-state index is 12.8. The number of allylic oxidation sites excluding steroid dienone is 2. The summed E-state index contributed by atoms with van der Waals surface area (Å²) in [6.07, 6.45) is 7.06. The molecule has 7 heteroatoms. The van der Waals surface area contributed by atoms with Crippen molar-refractivity contribution in [2.75, 3.05) is 32.7 Å². The van der Waals surface area contributed by atoms with Crippen LogP contribution in [0.15, 0.2) is 24.3 Å². The molecule has 2 bridgehead atoms. The fourth-order valence-electron chi connectivity index (χ4n) is 4.24. The zero-order valence-electron chi connectivity index (χ0n) is 15.6. The maximum absolute atomic E-state index is 12.8. The number of ether oxygens (including phenoxy) is 2. The molecule has 27 heavy (non-hydrogen) atoms. The molecule has 1 aromatic carbocycles. The van der Waals surface area contributed by atoms with Crippen LogP contribution in [-0.2, 0) is 9.63 Å². The van der Waals surface area contributed by atoms with Crippen molar-refractivity contribution in [3.63, 3.8) is 0 Å². The van der Waals surface area contributed by atoms with Crippen molar-refractivity contribution in [2.24, 2.45) is 17.8 Å². The Balaban J connectivity index is 1.61. The average Bonchev–Trinajstić information content (AvgIpc) is 3.44. The second kappa shape index (κ2) is 7.23. The lowest BCUT2D eigenvalue weighted by molar-refractivity contribution is -0.120. The third-order valence-electron chi connectivity index (χ3n) is 5.58. The summed E-state index contributed by atoms with van der Waals surface area (Å²) < 4.78 is 10.8. The molecule has 2 fully saturated rings. The van der Waals surface area contributed by atoms with Crippen LogP contribution in [-0.4, -0.2) is 44.2 Å². The number of nitrogens with one attached hydrogen (secondary N) is 1. The minimum absolute atomic E-state index is 0.0445. The number of hydrogen-bond donors (Lipinski definition) is 1. The highest BCUT2D eigenvalue weighted by atomic mass is 16.7. The Hall–Kier alpha value is -2.54. The molecule has 0 spiro atoms. The summed E-state index contributed by atoms with van der Waals surface area (Å²) in [4.78, 5) is 30.9. The van der Waals surface area contributed by atoms with Crippen LogP contribution < -0.4 is 14.8 Å². The van der Waals surface area contributed by atoms with Crippen LogP contribution in [0.3, 0.4) is 0 Å². The third kappa shape index (κ3) is 3.27. The van der Waals surface area contributed by atoms with Gasteiger partial charge in [-0.15, -0.1) is 0 Å². The number of fused-ring (bicyclic) bond motifs is 2. The first-order valence-corrected chi connectivity index (χ1v) is 9.30. The first-order chi connectivity index (χ1) is 13.1. The molecule has 0 unspecified atom stereocenters. The number of hydrogen-bond acceptors (Lipinski definition) is 5. The van der Waals surface area contributed by atoms with E-state index in [9.17, 15) is 9.59 Å². The molecule has 7 nitrogen and oxygen atoms in total. The van der Waals surface area contributed by atoms with E-state index in [2.05, 4.69) is 17.5 Å². The van der Waals surface area contributed by atoms with Crippen molar-refractivity contribution < 1.29 is 23.9 Å². The summed E-state index contributed by atoms with van der Waals surface area (Å²) >= 11 is 0. The van der Waals surface area contributed by atoms with Gasteiger partial charge in [0.2, 0.25) is 5.91 Å². The van der Waals surface area contributed by atoms with Crippen LogP contribution in [0.4, 0.5) is 5.69 Å². The molecule has 1 heterocycles. The number of anilines is 1. The molecule has 1 aromatic rings. The molecular formula is C20H24N2O5. The molecule has 144 valence electrons. The van der Waals surface area contributed by atoms with Crippen LogP contribution >= 0.6 is 0 Å². The molecule has 4 rings (SSSR count). The minimum atomic E-state index is -0.258. The molecule has 1 N–H and O–H groups in total. The maximum Gasteiger partial charge on any atom is 0.277 e. The van der Waals surface area contributed by atoms with Gasteiger partial charge in [0.25, 0.3) is 5.91 Å². The van der Waals surface area contributed by atoms with E-state index in [-0.39, 0.29) is 17.7 Å². The molecule has 3 aliphatic rings. The molecule has 1 aliphatic heterocycles. The van der Waals surface area contributed by atoms with Gasteiger partial charge in [-0.25, -0.2) is 5.06 Å². The van der Waals surface area contributed by atoms with Crippen molar-refractivity contribution >= 4 is 17.5 Å². The van der Waals surface area contributed by atoms with Crippen molar-refractivity contribution in [1.82, 2.24) is 5.06 Å². The quantitative estimate of drug-likeness (QED) is 0.804. The summed E-state index contributed by atoms with van der Waals surface area (Å²) in [6, 6.07) is 3.24. The predicted octanol–water partition coefficient (Wildman–Crippen LogP) is 2.63. The van der Waals surface area contributed by atoms with E-state index in [0.717, 1.165) is 19.3 Å². The van der Waals surface area contributed by atoms with Crippen LogP contribution in [0, 0.1) is 17.8 Å². The Morgan fingerprint density at radius 3 is 2.63 bits per heavy atom. The van der Waals surface area contributed by atoms with Gasteiger partial charge < -0.3 is 14.8 Å². The van der Waals surface area contributed by atoms with Crippen molar-refractivity contribution in [3.8, 4) is 11.5 Å². The topological polar surface area (TPSA) is 77.1 Å². The summed E-state index contributed by atoms with van der Waals surface area (Å²) in [5, 5.41) is 4.30. The van der Waals surface area contributed by atoms with Gasteiger partial charge in [-0.1, -0.05) is 12.2 Å². The number of benzene rings is 1. The summed E-state index contributed by atoms with van der Waals surface area (Å²) in [5.41, 5.74) is 0.828. The van der Waals surface area contributed by atoms with Crippen LogP contribution in [0.5, 0.6) is 11.5 Å². The monoisotopic (exact) mass is 372 g/mol.